The molecule has 2 saturated heterocycles. The molecule has 2 aliphatic rings. The standard InChI is InChI=1S/C14H19N3O2/c18-13-5-6-14(19)17(13)10-9-16-8-2-4-12(16)11-3-1-7-15-11/h1,3,7,12,15H,2,4-6,8-10H2/t12-/m0/s1. The van der Waals surface area contributed by atoms with E-state index >= 15 is 0 Å². The molecule has 1 aromatic heterocycles. The van der Waals surface area contributed by atoms with Crippen molar-refractivity contribution in [3.63, 3.8) is 0 Å². The van der Waals surface area contributed by atoms with Crippen LogP contribution in [0.1, 0.15) is 37.4 Å². The smallest absolute Gasteiger partial charge is 0.229 e. The van der Waals surface area contributed by atoms with Gasteiger partial charge in [-0.25, -0.2) is 0 Å². The lowest BCUT2D eigenvalue weighted by atomic mass is 10.1. The van der Waals surface area contributed by atoms with Gasteiger partial charge < -0.3 is 4.98 Å². The van der Waals surface area contributed by atoms with Crippen LogP contribution in [-0.2, 0) is 9.59 Å². The van der Waals surface area contributed by atoms with Crippen LogP contribution in [0.3, 0.4) is 0 Å². The van der Waals surface area contributed by atoms with Crippen molar-refractivity contribution in [1.29, 1.82) is 0 Å². The van der Waals surface area contributed by atoms with Crippen LogP contribution in [-0.4, -0.2) is 46.2 Å². The zero-order valence-electron chi connectivity index (χ0n) is 11.0. The number of H-pyrrole nitrogens is 1. The second-order valence-electron chi connectivity index (χ2n) is 5.26. The van der Waals surface area contributed by atoms with Crippen LogP contribution in [0.15, 0.2) is 18.3 Å². The Morgan fingerprint density at radius 3 is 2.68 bits per heavy atom. The van der Waals surface area contributed by atoms with Crippen molar-refractivity contribution in [2.75, 3.05) is 19.6 Å². The van der Waals surface area contributed by atoms with E-state index in [1.54, 1.807) is 0 Å². The van der Waals surface area contributed by atoms with Gasteiger partial charge in [-0.05, 0) is 31.5 Å². The number of carbonyl (C=O) groups excluding carboxylic acids is 2. The summed E-state index contributed by atoms with van der Waals surface area (Å²) in [4.78, 5) is 30.2. The lowest BCUT2D eigenvalue weighted by Gasteiger charge is -2.25. The fraction of sp³-hybridized carbons (Fsp3) is 0.571. The van der Waals surface area contributed by atoms with E-state index in [9.17, 15) is 9.59 Å². The topological polar surface area (TPSA) is 56.4 Å². The average molecular weight is 261 g/mol. The second-order valence-corrected chi connectivity index (χ2v) is 5.26. The van der Waals surface area contributed by atoms with Gasteiger partial charge >= 0.3 is 0 Å². The molecule has 0 bridgehead atoms. The predicted molar refractivity (Wildman–Crippen MR) is 70.3 cm³/mol. The van der Waals surface area contributed by atoms with Gasteiger partial charge in [-0.3, -0.25) is 19.4 Å². The lowest BCUT2D eigenvalue weighted by molar-refractivity contribution is -0.138. The van der Waals surface area contributed by atoms with Gasteiger partial charge in [-0.2, -0.15) is 0 Å². The van der Waals surface area contributed by atoms with E-state index in [2.05, 4.69) is 16.0 Å². The Kier molecular flexibility index (Phi) is 3.38. The summed E-state index contributed by atoms with van der Waals surface area (Å²) in [7, 11) is 0. The highest BCUT2D eigenvalue weighted by Crippen LogP contribution is 2.30. The molecule has 2 fully saturated rings. The highest BCUT2D eigenvalue weighted by atomic mass is 16.2. The van der Waals surface area contributed by atoms with Gasteiger partial charge in [0.15, 0.2) is 0 Å². The molecule has 5 heteroatoms. The van der Waals surface area contributed by atoms with E-state index in [0.717, 1.165) is 19.5 Å². The molecule has 0 radical (unpaired) electrons. The highest BCUT2D eigenvalue weighted by Gasteiger charge is 2.31. The van der Waals surface area contributed by atoms with Crippen molar-refractivity contribution >= 4 is 11.8 Å². The number of nitrogens with one attached hydrogen (secondary N) is 1. The van der Waals surface area contributed by atoms with Crippen LogP contribution < -0.4 is 0 Å². The maximum absolute atomic E-state index is 11.6. The van der Waals surface area contributed by atoms with Gasteiger partial charge in [0.1, 0.15) is 0 Å². The fourth-order valence-electron chi connectivity index (χ4n) is 3.10. The molecule has 0 saturated carbocycles. The third kappa shape index (κ3) is 2.42. The first kappa shape index (κ1) is 12.4. The Labute approximate surface area is 112 Å². The van der Waals surface area contributed by atoms with Crippen molar-refractivity contribution < 1.29 is 9.59 Å². The van der Waals surface area contributed by atoms with E-state index in [1.165, 1.54) is 17.0 Å². The number of aromatic amines is 1. The number of hydrogen-bond donors (Lipinski definition) is 1. The van der Waals surface area contributed by atoms with Crippen LogP contribution in [0.2, 0.25) is 0 Å². The quantitative estimate of drug-likeness (QED) is 0.831. The van der Waals surface area contributed by atoms with Crippen molar-refractivity contribution in [2.45, 2.75) is 31.7 Å². The highest BCUT2D eigenvalue weighted by molar-refractivity contribution is 6.01. The van der Waals surface area contributed by atoms with Crippen molar-refractivity contribution in [3.8, 4) is 0 Å². The summed E-state index contributed by atoms with van der Waals surface area (Å²) in [5.41, 5.74) is 1.23. The Morgan fingerprint density at radius 1 is 1.21 bits per heavy atom. The van der Waals surface area contributed by atoms with E-state index in [4.69, 9.17) is 0 Å². The van der Waals surface area contributed by atoms with Gasteiger partial charge in [-0.15, -0.1) is 0 Å². The maximum Gasteiger partial charge on any atom is 0.229 e. The molecule has 2 amide bonds. The number of amides is 2. The number of aromatic nitrogens is 1. The van der Waals surface area contributed by atoms with E-state index in [1.807, 2.05) is 12.3 Å². The van der Waals surface area contributed by atoms with Gasteiger partial charge in [-0.1, -0.05) is 0 Å². The predicted octanol–water partition coefficient (Wildman–Crippen LogP) is 1.30. The molecular formula is C14H19N3O2. The summed E-state index contributed by atoms with van der Waals surface area (Å²) in [5.74, 6) is -0.0266. The number of carbonyl (C=O) groups is 2. The Morgan fingerprint density at radius 2 is 2.00 bits per heavy atom. The summed E-state index contributed by atoms with van der Waals surface area (Å²) in [6.07, 6.45) is 5.03. The van der Waals surface area contributed by atoms with Crippen molar-refractivity contribution in [2.24, 2.45) is 0 Å². The first-order chi connectivity index (χ1) is 9.25. The lowest BCUT2D eigenvalue weighted by Crippen LogP contribution is -2.37. The molecule has 0 spiro atoms. The van der Waals surface area contributed by atoms with Gasteiger partial charge in [0.25, 0.3) is 0 Å². The number of nitrogens with zero attached hydrogens (tertiary/aromatic N) is 2. The van der Waals surface area contributed by atoms with Crippen LogP contribution in [0, 0.1) is 0 Å². The third-order valence-corrected chi connectivity index (χ3v) is 4.11. The van der Waals surface area contributed by atoms with Gasteiger partial charge in [0.2, 0.25) is 11.8 Å². The minimum atomic E-state index is -0.0133. The SMILES string of the molecule is O=C1CCC(=O)N1CCN1CCC[C@H]1c1ccc[nH]1. The van der Waals surface area contributed by atoms with Crippen LogP contribution >= 0.6 is 0 Å². The minimum absolute atomic E-state index is 0.0133. The average Bonchev–Trinajstić information content (AvgIpc) is 3.09. The largest absolute Gasteiger partial charge is 0.364 e. The third-order valence-electron chi connectivity index (χ3n) is 4.11. The summed E-state index contributed by atoms with van der Waals surface area (Å²) in [5, 5.41) is 0. The van der Waals surface area contributed by atoms with Crippen LogP contribution in [0.25, 0.3) is 0 Å². The minimum Gasteiger partial charge on any atom is -0.364 e. The van der Waals surface area contributed by atoms with Gasteiger partial charge in [0, 0.05) is 43.9 Å². The van der Waals surface area contributed by atoms with E-state index in [-0.39, 0.29) is 11.8 Å². The molecule has 1 N–H and O–H groups in total. The van der Waals surface area contributed by atoms with E-state index < -0.39 is 0 Å². The molecule has 1 atom stereocenters. The molecule has 102 valence electrons. The number of imide groups is 1. The van der Waals surface area contributed by atoms with Crippen molar-refractivity contribution in [3.05, 3.63) is 24.0 Å². The molecular weight excluding hydrogens is 242 g/mol. The number of rotatable bonds is 4. The summed E-state index contributed by atoms with van der Waals surface area (Å²) < 4.78 is 0. The normalized spacial score (nSPS) is 24.6. The zero-order chi connectivity index (χ0) is 13.2. The molecule has 0 unspecified atom stereocenters. The van der Waals surface area contributed by atoms with E-state index in [0.29, 0.717) is 25.4 Å². The summed E-state index contributed by atoms with van der Waals surface area (Å²) in [6, 6.07) is 4.52. The summed E-state index contributed by atoms with van der Waals surface area (Å²) in [6.45, 7) is 2.36. The summed E-state index contributed by atoms with van der Waals surface area (Å²) >= 11 is 0. The Balaban J connectivity index is 1.60. The van der Waals surface area contributed by atoms with Crippen LogP contribution in [0.4, 0.5) is 0 Å². The molecule has 0 aromatic carbocycles. The molecule has 0 aliphatic carbocycles. The molecule has 2 aliphatic heterocycles. The molecule has 19 heavy (non-hydrogen) atoms. The molecule has 3 heterocycles. The first-order valence-electron chi connectivity index (χ1n) is 6.96. The number of likely N-dealkylation sites (tertiary alicyclic amines) is 2. The molecule has 3 rings (SSSR count). The monoisotopic (exact) mass is 261 g/mol. The zero-order valence-corrected chi connectivity index (χ0v) is 11.0. The second kappa shape index (κ2) is 5.17. The first-order valence-corrected chi connectivity index (χ1v) is 6.96. The Hall–Kier alpha value is -1.62. The fourth-order valence-corrected chi connectivity index (χ4v) is 3.10. The Bertz CT molecular complexity index is 453. The maximum atomic E-state index is 11.6. The van der Waals surface area contributed by atoms with Crippen LogP contribution in [0.5, 0.6) is 0 Å². The number of hydrogen-bond acceptors (Lipinski definition) is 3. The van der Waals surface area contributed by atoms with Crippen molar-refractivity contribution in [1.82, 2.24) is 14.8 Å². The van der Waals surface area contributed by atoms with Gasteiger partial charge in [0.05, 0.1) is 0 Å². The molecule has 1 aromatic rings. The molecule has 5 nitrogen and oxygen atoms in total.